The Morgan fingerprint density at radius 1 is 0.941 bits per heavy atom. The summed E-state index contributed by atoms with van der Waals surface area (Å²) in [5, 5.41) is 0. The van der Waals surface area contributed by atoms with Crippen LogP contribution in [0.4, 0.5) is 0 Å². The molecule has 17 heavy (non-hydrogen) atoms. The second-order valence-corrected chi connectivity index (χ2v) is 4.23. The molecule has 1 nitrogen and oxygen atoms in total. The van der Waals surface area contributed by atoms with E-state index < -0.39 is 0 Å². The highest BCUT2D eigenvalue weighted by Gasteiger charge is 2.02. The first-order chi connectivity index (χ1) is 8.29. The largest absolute Gasteiger partial charge is 0.491 e. The summed E-state index contributed by atoms with van der Waals surface area (Å²) < 4.78 is 5.83. The monoisotopic (exact) mass is 226 g/mol. The van der Waals surface area contributed by atoms with Crippen LogP contribution in [0.5, 0.6) is 5.75 Å². The molecule has 2 aromatic rings. The molecular weight excluding hydrogens is 208 g/mol. The predicted molar refractivity (Wildman–Crippen MR) is 72.3 cm³/mol. The minimum atomic E-state index is 0.265. The summed E-state index contributed by atoms with van der Waals surface area (Å²) in [4.78, 5) is 0. The van der Waals surface area contributed by atoms with Gasteiger partial charge in [0.2, 0.25) is 0 Å². The van der Waals surface area contributed by atoms with Crippen LogP contribution in [-0.2, 0) is 0 Å². The molecule has 0 aromatic heterocycles. The molecule has 0 bridgehead atoms. The Balaban J connectivity index is 2.23. The van der Waals surface area contributed by atoms with Crippen LogP contribution >= 0.6 is 0 Å². The van der Waals surface area contributed by atoms with Crippen molar-refractivity contribution in [1.82, 2.24) is 0 Å². The maximum Gasteiger partial charge on any atom is 0.120 e. The first-order valence-corrected chi connectivity index (χ1v) is 6.11. The second-order valence-electron chi connectivity index (χ2n) is 4.23. The topological polar surface area (TPSA) is 9.23 Å². The Morgan fingerprint density at radius 2 is 1.65 bits per heavy atom. The molecule has 0 saturated carbocycles. The van der Waals surface area contributed by atoms with E-state index in [-0.39, 0.29) is 6.10 Å². The molecule has 0 N–H and O–H groups in total. The minimum Gasteiger partial charge on any atom is -0.491 e. The van der Waals surface area contributed by atoms with E-state index in [1.807, 2.05) is 18.2 Å². The van der Waals surface area contributed by atoms with Crippen molar-refractivity contribution < 1.29 is 4.74 Å². The fourth-order valence-corrected chi connectivity index (χ4v) is 1.70. The van der Waals surface area contributed by atoms with Crippen LogP contribution in [0.1, 0.15) is 20.3 Å². The van der Waals surface area contributed by atoms with Gasteiger partial charge >= 0.3 is 0 Å². The van der Waals surface area contributed by atoms with Crippen molar-refractivity contribution in [2.24, 2.45) is 0 Å². The van der Waals surface area contributed by atoms with Gasteiger partial charge in [0.15, 0.2) is 0 Å². The van der Waals surface area contributed by atoms with E-state index in [9.17, 15) is 0 Å². The van der Waals surface area contributed by atoms with Crippen molar-refractivity contribution in [3.63, 3.8) is 0 Å². The number of hydrogen-bond acceptors (Lipinski definition) is 1. The maximum absolute atomic E-state index is 5.83. The molecule has 1 heteroatoms. The molecule has 0 saturated heterocycles. The SMILES string of the molecule is CCC(C)Oc1cccc(-c2ccccc2)c1. The van der Waals surface area contributed by atoms with Crippen LogP contribution in [0.25, 0.3) is 11.1 Å². The summed E-state index contributed by atoms with van der Waals surface area (Å²) >= 11 is 0. The molecule has 1 unspecified atom stereocenters. The number of rotatable bonds is 4. The molecule has 0 aliphatic rings. The van der Waals surface area contributed by atoms with E-state index in [4.69, 9.17) is 4.74 Å². The van der Waals surface area contributed by atoms with Crippen LogP contribution in [-0.4, -0.2) is 6.10 Å². The summed E-state index contributed by atoms with van der Waals surface area (Å²) in [5.74, 6) is 0.945. The lowest BCUT2D eigenvalue weighted by Crippen LogP contribution is -2.09. The average Bonchev–Trinajstić information content (AvgIpc) is 2.40. The molecule has 0 aliphatic heterocycles. The summed E-state index contributed by atoms with van der Waals surface area (Å²) in [7, 11) is 0. The third-order valence-corrected chi connectivity index (χ3v) is 2.85. The highest BCUT2D eigenvalue weighted by Crippen LogP contribution is 2.24. The van der Waals surface area contributed by atoms with Gasteiger partial charge in [-0.3, -0.25) is 0 Å². The Morgan fingerprint density at radius 3 is 2.35 bits per heavy atom. The highest BCUT2D eigenvalue weighted by atomic mass is 16.5. The maximum atomic E-state index is 5.83. The molecule has 0 amide bonds. The quantitative estimate of drug-likeness (QED) is 0.744. The predicted octanol–water partition coefficient (Wildman–Crippen LogP) is 4.53. The normalized spacial score (nSPS) is 12.1. The Bertz CT molecular complexity index is 462. The van der Waals surface area contributed by atoms with E-state index in [2.05, 4.69) is 50.2 Å². The Labute approximate surface area is 103 Å². The molecule has 1 atom stereocenters. The lowest BCUT2D eigenvalue weighted by molar-refractivity contribution is 0.217. The van der Waals surface area contributed by atoms with E-state index >= 15 is 0 Å². The number of benzene rings is 2. The molecule has 2 rings (SSSR count). The zero-order valence-electron chi connectivity index (χ0n) is 10.4. The number of hydrogen-bond donors (Lipinski definition) is 0. The van der Waals surface area contributed by atoms with E-state index in [1.165, 1.54) is 11.1 Å². The van der Waals surface area contributed by atoms with E-state index in [0.717, 1.165) is 12.2 Å². The van der Waals surface area contributed by atoms with Gasteiger partial charge in [0.05, 0.1) is 6.10 Å². The van der Waals surface area contributed by atoms with Gasteiger partial charge in [-0.25, -0.2) is 0 Å². The summed E-state index contributed by atoms with van der Waals surface area (Å²) in [5.41, 5.74) is 2.42. The fourth-order valence-electron chi connectivity index (χ4n) is 1.70. The van der Waals surface area contributed by atoms with Crippen molar-refractivity contribution in [2.75, 3.05) is 0 Å². The zero-order chi connectivity index (χ0) is 12.1. The molecule has 0 radical (unpaired) electrons. The smallest absolute Gasteiger partial charge is 0.120 e. The van der Waals surface area contributed by atoms with Gasteiger partial charge in [0.25, 0.3) is 0 Å². The Hall–Kier alpha value is -1.76. The van der Waals surface area contributed by atoms with Crippen LogP contribution in [0.3, 0.4) is 0 Å². The fraction of sp³-hybridized carbons (Fsp3) is 0.250. The minimum absolute atomic E-state index is 0.265. The molecule has 0 aliphatic carbocycles. The summed E-state index contributed by atoms with van der Waals surface area (Å²) in [6, 6.07) is 18.6. The zero-order valence-corrected chi connectivity index (χ0v) is 10.4. The molecule has 0 spiro atoms. The van der Waals surface area contributed by atoms with Crippen molar-refractivity contribution in [1.29, 1.82) is 0 Å². The standard InChI is InChI=1S/C16H18O/c1-3-13(2)17-16-11-7-10-15(12-16)14-8-5-4-6-9-14/h4-13H,3H2,1-2H3. The van der Waals surface area contributed by atoms with Gasteiger partial charge in [-0.1, -0.05) is 49.4 Å². The van der Waals surface area contributed by atoms with Crippen LogP contribution < -0.4 is 4.74 Å². The van der Waals surface area contributed by atoms with Gasteiger partial charge in [-0.2, -0.15) is 0 Å². The highest BCUT2D eigenvalue weighted by molar-refractivity contribution is 5.64. The first kappa shape index (κ1) is 11.7. The Kier molecular flexibility index (Phi) is 3.81. The van der Waals surface area contributed by atoms with E-state index in [1.54, 1.807) is 0 Å². The molecule has 2 aromatic carbocycles. The average molecular weight is 226 g/mol. The van der Waals surface area contributed by atoms with Crippen molar-refractivity contribution in [2.45, 2.75) is 26.4 Å². The van der Waals surface area contributed by atoms with Crippen molar-refractivity contribution in [3.8, 4) is 16.9 Å². The van der Waals surface area contributed by atoms with Gasteiger partial charge in [-0.05, 0) is 36.6 Å². The van der Waals surface area contributed by atoms with Gasteiger partial charge < -0.3 is 4.74 Å². The van der Waals surface area contributed by atoms with Gasteiger partial charge in [0.1, 0.15) is 5.75 Å². The van der Waals surface area contributed by atoms with Crippen LogP contribution in [0.2, 0.25) is 0 Å². The summed E-state index contributed by atoms with van der Waals surface area (Å²) in [6.07, 6.45) is 1.29. The number of ether oxygens (including phenoxy) is 1. The molecule has 0 fully saturated rings. The molecular formula is C16H18O. The van der Waals surface area contributed by atoms with Gasteiger partial charge in [-0.15, -0.1) is 0 Å². The van der Waals surface area contributed by atoms with E-state index in [0.29, 0.717) is 0 Å². The lowest BCUT2D eigenvalue weighted by atomic mass is 10.1. The van der Waals surface area contributed by atoms with Crippen LogP contribution in [0, 0.1) is 0 Å². The summed E-state index contributed by atoms with van der Waals surface area (Å²) in [6.45, 7) is 4.22. The molecule has 88 valence electrons. The third-order valence-electron chi connectivity index (χ3n) is 2.85. The van der Waals surface area contributed by atoms with Crippen LogP contribution in [0.15, 0.2) is 54.6 Å². The van der Waals surface area contributed by atoms with Crippen molar-refractivity contribution in [3.05, 3.63) is 54.6 Å². The molecule has 0 heterocycles. The van der Waals surface area contributed by atoms with Gasteiger partial charge in [0, 0.05) is 0 Å². The van der Waals surface area contributed by atoms with Crippen molar-refractivity contribution >= 4 is 0 Å². The second kappa shape index (κ2) is 5.53. The lowest BCUT2D eigenvalue weighted by Gasteiger charge is -2.13. The first-order valence-electron chi connectivity index (χ1n) is 6.11. The third kappa shape index (κ3) is 3.10.